The van der Waals surface area contributed by atoms with Gasteiger partial charge in [0, 0.05) is 18.8 Å². The molecule has 2 aromatic carbocycles. The van der Waals surface area contributed by atoms with Crippen molar-refractivity contribution in [1.29, 1.82) is 5.41 Å². The average molecular weight is 349 g/mol. The molecule has 134 valence electrons. The van der Waals surface area contributed by atoms with Crippen molar-refractivity contribution in [2.24, 2.45) is 7.05 Å². The van der Waals surface area contributed by atoms with Crippen molar-refractivity contribution in [2.45, 2.75) is 20.4 Å². The van der Waals surface area contributed by atoms with Gasteiger partial charge in [-0.2, -0.15) is 0 Å². The molecule has 26 heavy (non-hydrogen) atoms. The molecule has 0 saturated carbocycles. The van der Waals surface area contributed by atoms with E-state index >= 15 is 0 Å². The first kappa shape index (κ1) is 17.7. The monoisotopic (exact) mass is 349 g/mol. The van der Waals surface area contributed by atoms with E-state index < -0.39 is 0 Å². The summed E-state index contributed by atoms with van der Waals surface area (Å²) in [5, 5.41) is 8.31. The Morgan fingerprint density at radius 1 is 1.08 bits per heavy atom. The van der Waals surface area contributed by atoms with Crippen LogP contribution in [0.15, 0.2) is 54.7 Å². The van der Waals surface area contributed by atoms with Gasteiger partial charge in [-0.15, -0.1) is 0 Å². The highest BCUT2D eigenvalue weighted by atomic mass is 16.5. The molecule has 1 N–H and O–H groups in total. The molecule has 0 fully saturated rings. The van der Waals surface area contributed by atoms with Crippen LogP contribution in [0.1, 0.15) is 22.8 Å². The summed E-state index contributed by atoms with van der Waals surface area (Å²) in [6.45, 7) is 4.71. The summed E-state index contributed by atoms with van der Waals surface area (Å²) >= 11 is 0. The molecule has 3 aromatic rings. The van der Waals surface area contributed by atoms with E-state index in [2.05, 4.69) is 0 Å². The molecule has 5 nitrogen and oxygen atoms in total. The number of ketones is 1. The van der Waals surface area contributed by atoms with Gasteiger partial charge < -0.3 is 13.9 Å². The fourth-order valence-corrected chi connectivity index (χ4v) is 2.86. The van der Waals surface area contributed by atoms with E-state index in [1.54, 1.807) is 9.13 Å². The van der Waals surface area contributed by atoms with Crippen molar-refractivity contribution < 1.29 is 9.53 Å². The molecule has 0 unspecified atom stereocenters. The molecular weight excluding hydrogens is 326 g/mol. The first-order chi connectivity index (χ1) is 12.5. The molecule has 0 atom stereocenters. The second-order valence-corrected chi connectivity index (χ2v) is 6.27. The first-order valence-corrected chi connectivity index (χ1v) is 8.63. The van der Waals surface area contributed by atoms with Crippen LogP contribution in [0.4, 0.5) is 0 Å². The van der Waals surface area contributed by atoms with Gasteiger partial charge in [0.25, 0.3) is 0 Å². The lowest BCUT2D eigenvalue weighted by Gasteiger charge is -2.05. The summed E-state index contributed by atoms with van der Waals surface area (Å²) in [5.41, 5.74) is 3.93. The van der Waals surface area contributed by atoms with Crippen molar-refractivity contribution in [3.05, 3.63) is 71.5 Å². The lowest BCUT2D eigenvalue weighted by atomic mass is 10.1. The van der Waals surface area contributed by atoms with Crippen LogP contribution >= 0.6 is 0 Å². The number of rotatable bonds is 6. The second kappa shape index (κ2) is 7.44. The molecule has 1 aromatic heterocycles. The van der Waals surface area contributed by atoms with E-state index in [9.17, 15) is 4.79 Å². The van der Waals surface area contributed by atoms with Crippen molar-refractivity contribution in [3.63, 3.8) is 0 Å². The zero-order valence-electron chi connectivity index (χ0n) is 15.3. The van der Waals surface area contributed by atoms with Gasteiger partial charge in [0.1, 0.15) is 5.75 Å². The highest BCUT2D eigenvalue weighted by molar-refractivity contribution is 5.95. The summed E-state index contributed by atoms with van der Waals surface area (Å²) in [7, 11) is 1.83. The van der Waals surface area contributed by atoms with E-state index in [0.29, 0.717) is 12.2 Å². The second-order valence-electron chi connectivity index (χ2n) is 6.27. The molecule has 5 heteroatoms. The highest BCUT2D eigenvalue weighted by Crippen LogP contribution is 2.21. The SMILES string of the molecule is CCOc1ccc(-c2cn(CC(=O)c3ccc(C)cc3)c(=N)n2C)cc1. The predicted molar refractivity (Wildman–Crippen MR) is 101 cm³/mol. The van der Waals surface area contributed by atoms with Crippen molar-refractivity contribution in [3.8, 4) is 17.0 Å². The van der Waals surface area contributed by atoms with Gasteiger partial charge in [-0.25, -0.2) is 0 Å². The number of aryl methyl sites for hydroxylation is 1. The third kappa shape index (κ3) is 3.61. The molecule has 0 saturated heterocycles. The molecule has 0 spiro atoms. The third-order valence-electron chi connectivity index (χ3n) is 4.38. The van der Waals surface area contributed by atoms with E-state index in [-0.39, 0.29) is 17.9 Å². The predicted octanol–water partition coefficient (Wildman–Crippen LogP) is 3.56. The Labute approximate surface area is 153 Å². The molecule has 1 heterocycles. The maximum atomic E-state index is 12.5. The van der Waals surface area contributed by atoms with Gasteiger partial charge in [0.05, 0.1) is 18.8 Å². The maximum Gasteiger partial charge on any atom is 0.202 e. The number of nitrogens with zero attached hydrogens (tertiary/aromatic N) is 2. The van der Waals surface area contributed by atoms with Gasteiger partial charge in [0.2, 0.25) is 5.62 Å². The lowest BCUT2D eigenvalue weighted by molar-refractivity contribution is 0.0970. The smallest absolute Gasteiger partial charge is 0.202 e. The van der Waals surface area contributed by atoms with E-state index in [0.717, 1.165) is 22.6 Å². The number of aromatic nitrogens is 2. The van der Waals surface area contributed by atoms with Crippen LogP contribution < -0.4 is 10.4 Å². The van der Waals surface area contributed by atoms with Crippen LogP contribution in [0.5, 0.6) is 5.75 Å². The highest BCUT2D eigenvalue weighted by Gasteiger charge is 2.12. The number of imidazole rings is 1. The zero-order chi connectivity index (χ0) is 18.7. The quantitative estimate of drug-likeness (QED) is 0.692. The number of hydrogen-bond acceptors (Lipinski definition) is 3. The molecule has 0 aliphatic heterocycles. The van der Waals surface area contributed by atoms with E-state index in [4.69, 9.17) is 10.1 Å². The summed E-state index contributed by atoms with van der Waals surface area (Å²) < 4.78 is 8.92. The molecule has 0 amide bonds. The number of ether oxygens (including phenoxy) is 1. The molecule has 0 bridgehead atoms. The summed E-state index contributed by atoms with van der Waals surface area (Å²) in [5.74, 6) is 0.811. The fourth-order valence-electron chi connectivity index (χ4n) is 2.86. The molecular formula is C21H23N3O2. The fraction of sp³-hybridized carbons (Fsp3) is 0.238. The van der Waals surface area contributed by atoms with Gasteiger partial charge in [0.15, 0.2) is 5.78 Å². The molecule has 3 rings (SSSR count). The number of carbonyl (C=O) groups excluding carboxylic acids is 1. The minimum atomic E-state index is -0.00709. The molecule has 0 aliphatic rings. The van der Waals surface area contributed by atoms with Crippen LogP contribution in [-0.4, -0.2) is 21.5 Å². The number of carbonyl (C=O) groups is 1. The summed E-state index contributed by atoms with van der Waals surface area (Å²) in [6.07, 6.45) is 1.85. The Morgan fingerprint density at radius 3 is 2.35 bits per heavy atom. The molecule has 0 radical (unpaired) electrons. The van der Waals surface area contributed by atoms with Gasteiger partial charge in [-0.1, -0.05) is 29.8 Å². The summed E-state index contributed by atoms with van der Waals surface area (Å²) in [4.78, 5) is 12.5. The van der Waals surface area contributed by atoms with Crippen LogP contribution in [0, 0.1) is 12.3 Å². The Hall–Kier alpha value is -3.08. The largest absolute Gasteiger partial charge is 0.494 e. The number of benzene rings is 2. The van der Waals surface area contributed by atoms with Gasteiger partial charge >= 0.3 is 0 Å². The topological polar surface area (TPSA) is 60.0 Å². The maximum absolute atomic E-state index is 12.5. The minimum absolute atomic E-state index is 0.00709. The summed E-state index contributed by atoms with van der Waals surface area (Å²) in [6, 6.07) is 15.3. The van der Waals surface area contributed by atoms with Crippen molar-refractivity contribution >= 4 is 5.78 Å². The molecule has 0 aliphatic carbocycles. The van der Waals surface area contributed by atoms with E-state index in [1.165, 1.54) is 0 Å². The first-order valence-electron chi connectivity index (χ1n) is 8.63. The van der Waals surface area contributed by atoms with Gasteiger partial charge in [-0.05, 0) is 43.7 Å². The number of hydrogen-bond donors (Lipinski definition) is 1. The number of Topliss-reactive ketones (excluding diaryl/α,β-unsaturated/α-hetero) is 1. The van der Waals surface area contributed by atoms with Crippen molar-refractivity contribution in [1.82, 2.24) is 9.13 Å². The zero-order valence-corrected chi connectivity index (χ0v) is 15.3. The Bertz CT molecular complexity index is 964. The van der Waals surface area contributed by atoms with Crippen LogP contribution in [-0.2, 0) is 13.6 Å². The Kier molecular flexibility index (Phi) is 5.07. The normalized spacial score (nSPS) is 10.7. The lowest BCUT2D eigenvalue weighted by Crippen LogP contribution is -2.25. The Balaban J connectivity index is 1.86. The van der Waals surface area contributed by atoms with Crippen molar-refractivity contribution in [2.75, 3.05) is 6.61 Å². The standard InChI is InChI=1S/C21H23N3O2/c1-4-26-18-11-9-16(10-12-18)19-13-24(21(22)23(19)3)14-20(25)17-7-5-15(2)6-8-17/h5-13,22H,4,14H2,1-3H3. The minimum Gasteiger partial charge on any atom is -0.494 e. The van der Waals surface area contributed by atoms with Crippen LogP contribution in [0.2, 0.25) is 0 Å². The number of nitrogens with one attached hydrogen (secondary N) is 1. The van der Waals surface area contributed by atoms with Crippen LogP contribution in [0.3, 0.4) is 0 Å². The third-order valence-corrected chi connectivity index (χ3v) is 4.38. The van der Waals surface area contributed by atoms with Gasteiger partial charge in [-0.3, -0.25) is 10.2 Å². The average Bonchev–Trinajstić information content (AvgIpc) is 2.92. The Morgan fingerprint density at radius 2 is 1.73 bits per heavy atom. The van der Waals surface area contributed by atoms with Crippen LogP contribution in [0.25, 0.3) is 11.3 Å². The van der Waals surface area contributed by atoms with E-state index in [1.807, 2.05) is 75.6 Å².